The van der Waals surface area contributed by atoms with Crippen molar-refractivity contribution in [2.45, 2.75) is 25.3 Å². The van der Waals surface area contributed by atoms with Gasteiger partial charge in [0.05, 0.1) is 18.2 Å². The number of carboxylic acids is 1. The number of nitrogens with one attached hydrogen (secondary N) is 1. The van der Waals surface area contributed by atoms with Crippen LogP contribution in [0.25, 0.3) is 0 Å². The van der Waals surface area contributed by atoms with Gasteiger partial charge in [0, 0.05) is 18.4 Å². The summed E-state index contributed by atoms with van der Waals surface area (Å²) in [7, 11) is 0. The Morgan fingerprint density at radius 1 is 1.24 bits per heavy atom. The van der Waals surface area contributed by atoms with Gasteiger partial charge in [0.25, 0.3) is 0 Å². The van der Waals surface area contributed by atoms with Crippen LogP contribution in [0.4, 0.5) is 4.39 Å². The van der Waals surface area contributed by atoms with Crippen molar-refractivity contribution in [1.29, 1.82) is 0 Å². The number of halogens is 1. The molecule has 1 unspecified atom stereocenters. The van der Waals surface area contributed by atoms with E-state index in [1.54, 1.807) is 24.3 Å². The minimum absolute atomic E-state index is 0.159. The number of benzene rings is 2. The lowest BCUT2D eigenvalue weighted by atomic mass is 9.99. The molecular weight excluding hydrogens is 325 g/mol. The number of fused-ring (bicyclic) bond motifs is 1. The highest BCUT2D eigenvalue weighted by molar-refractivity contribution is 5.89. The van der Waals surface area contributed by atoms with E-state index in [1.807, 2.05) is 0 Å². The largest absolute Gasteiger partial charge is 0.493 e. The Bertz CT molecular complexity index is 806. The van der Waals surface area contributed by atoms with Crippen LogP contribution in [0.2, 0.25) is 0 Å². The van der Waals surface area contributed by atoms with Gasteiger partial charge in [-0.25, -0.2) is 9.18 Å². The predicted molar refractivity (Wildman–Crippen MR) is 89.1 cm³/mol. The third-order valence-electron chi connectivity index (χ3n) is 4.22. The fraction of sp³-hybridized carbons (Fsp3) is 0.263. The number of amides is 1. The van der Waals surface area contributed by atoms with Gasteiger partial charge in [-0.2, -0.15) is 0 Å². The van der Waals surface area contributed by atoms with Crippen LogP contribution < -0.4 is 10.1 Å². The highest BCUT2D eigenvalue weighted by atomic mass is 19.1. The van der Waals surface area contributed by atoms with Crippen LogP contribution >= 0.6 is 0 Å². The zero-order valence-corrected chi connectivity index (χ0v) is 13.5. The van der Waals surface area contributed by atoms with Gasteiger partial charge >= 0.3 is 5.97 Å². The summed E-state index contributed by atoms with van der Waals surface area (Å²) in [4.78, 5) is 23.5. The summed E-state index contributed by atoms with van der Waals surface area (Å²) in [6, 6.07) is 10.6. The van der Waals surface area contributed by atoms with Crippen LogP contribution in [0, 0.1) is 5.82 Å². The van der Waals surface area contributed by atoms with Gasteiger partial charge in [-0.15, -0.1) is 0 Å². The molecule has 2 aromatic carbocycles. The Balaban J connectivity index is 1.65. The normalized spacial score (nSPS) is 15.8. The first-order valence-corrected chi connectivity index (χ1v) is 8.07. The van der Waals surface area contributed by atoms with Crippen LogP contribution in [-0.2, 0) is 11.2 Å². The van der Waals surface area contributed by atoms with Crippen molar-refractivity contribution < 1.29 is 23.8 Å². The molecule has 1 amide bonds. The molecular formula is C19H18FNO4. The maximum absolute atomic E-state index is 13.5. The second-order valence-corrected chi connectivity index (χ2v) is 5.90. The Morgan fingerprint density at radius 3 is 2.84 bits per heavy atom. The Hall–Kier alpha value is -2.89. The second-order valence-electron chi connectivity index (χ2n) is 5.90. The van der Waals surface area contributed by atoms with Crippen LogP contribution in [-0.4, -0.2) is 23.6 Å². The third-order valence-corrected chi connectivity index (χ3v) is 4.22. The third kappa shape index (κ3) is 3.96. The van der Waals surface area contributed by atoms with Gasteiger partial charge in [-0.3, -0.25) is 4.79 Å². The van der Waals surface area contributed by atoms with E-state index in [-0.39, 0.29) is 29.8 Å². The van der Waals surface area contributed by atoms with Crippen molar-refractivity contribution in [1.82, 2.24) is 5.32 Å². The molecule has 2 N–H and O–H groups in total. The second kappa shape index (κ2) is 7.34. The van der Waals surface area contributed by atoms with Crippen molar-refractivity contribution in [3.8, 4) is 5.75 Å². The summed E-state index contributed by atoms with van der Waals surface area (Å²) in [6.07, 6.45) is 1.05. The van der Waals surface area contributed by atoms with Crippen molar-refractivity contribution in [3.63, 3.8) is 0 Å². The summed E-state index contributed by atoms with van der Waals surface area (Å²) in [5.41, 5.74) is 1.45. The van der Waals surface area contributed by atoms with Gasteiger partial charge in [-0.1, -0.05) is 18.2 Å². The highest BCUT2D eigenvalue weighted by Crippen LogP contribution is 2.32. The van der Waals surface area contributed by atoms with E-state index in [0.29, 0.717) is 36.3 Å². The molecule has 0 saturated carbocycles. The number of aryl methyl sites for hydroxylation is 1. The molecule has 130 valence electrons. The van der Waals surface area contributed by atoms with Crippen molar-refractivity contribution in [2.75, 3.05) is 6.61 Å². The van der Waals surface area contributed by atoms with Gasteiger partial charge in [0.1, 0.15) is 11.6 Å². The van der Waals surface area contributed by atoms with Gasteiger partial charge in [-0.05, 0) is 36.2 Å². The van der Waals surface area contributed by atoms with Crippen LogP contribution in [0.1, 0.15) is 40.4 Å². The average Bonchev–Trinajstić information content (AvgIpc) is 2.60. The summed E-state index contributed by atoms with van der Waals surface area (Å²) >= 11 is 0. The average molecular weight is 343 g/mol. The smallest absolute Gasteiger partial charge is 0.335 e. The molecule has 5 nitrogen and oxygen atoms in total. The van der Waals surface area contributed by atoms with Crippen LogP contribution in [0.5, 0.6) is 5.75 Å². The van der Waals surface area contributed by atoms with E-state index in [2.05, 4.69) is 5.32 Å². The number of aromatic carboxylic acids is 1. The molecule has 0 aliphatic carbocycles. The number of hydrogen-bond acceptors (Lipinski definition) is 3. The molecule has 25 heavy (non-hydrogen) atoms. The Kier molecular flexibility index (Phi) is 4.97. The molecule has 3 rings (SSSR count). The summed E-state index contributed by atoms with van der Waals surface area (Å²) in [6.45, 7) is 0.450. The maximum atomic E-state index is 13.5. The first-order valence-electron chi connectivity index (χ1n) is 8.07. The van der Waals surface area contributed by atoms with Crippen LogP contribution in [0.15, 0.2) is 42.5 Å². The molecule has 0 spiro atoms. The van der Waals surface area contributed by atoms with E-state index in [4.69, 9.17) is 4.74 Å². The minimum atomic E-state index is -1.01. The van der Waals surface area contributed by atoms with Crippen molar-refractivity contribution in [2.24, 2.45) is 0 Å². The number of carboxylic acid groups (broad SMARTS) is 1. The molecule has 6 heteroatoms. The zero-order chi connectivity index (χ0) is 17.8. The molecule has 0 fully saturated rings. The summed E-state index contributed by atoms with van der Waals surface area (Å²) < 4.78 is 18.9. The predicted octanol–water partition coefficient (Wildman–Crippen LogP) is 3.10. The lowest BCUT2D eigenvalue weighted by Gasteiger charge is -2.26. The quantitative estimate of drug-likeness (QED) is 0.875. The number of rotatable bonds is 5. The van der Waals surface area contributed by atoms with Gasteiger partial charge in [0.2, 0.25) is 5.91 Å². The fourth-order valence-electron chi connectivity index (χ4n) is 2.98. The van der Waals surface area contributed by atoms with E-state index in [1.165, 1.54) is 18.2 Å². The summed E-state index contributed by atoms with van der Waals surface area (Å²) in [5.74, 6) is -1.01. The molecule has 1 aliphatic heterocycles. The molecule has 0 saturated heterocycles. The van der Waals surface area contributed by atoms with E-state index >= 15 is 0 Å². The minimum Gasteiger partial charge on any atom is -0.493 e. The molecule has 1 heterocycles. The molecule has 0 bridgehead atoms. The van der Waals surface area contributed by atoms with Gasteiger partial charge in [0.15, 0.2) is 0 Å². The SMILES string of the molecule is O=C(CCc1ccccc1C(=O)O)NC1CCOc2ccc(F)cc21. The topological polar surface area (TPSA) is 75.6 Å². The van der Waals surface area contributed by atoms with E-state index in [9.17, 15) is 19.1 Å². The zero-order valence-electron chi connectivity index (χ0n) is 13.5. The van der Waals surface area contributed by atoms with Crippen LogP contribution in [0.3, 0.4) is 0 Å². The molecule has 1 atom stereocenters. The maximum Gasteiger partial charge on any atom is 0.335 e. The van der Waals surface area contributed by atoms with Crippen molar-refractivity contribution >= 4 is 11.9 Å². The number of carbonyl (C=O) groups excluding carboxylic acids is 1. The van der Waals surface area contributed by atoms with E-state index < -0.39 is 5.97 Å². The van der Waals surface area contributed by atoms with Gasteiger partial charge < -0.3 is 15.2 Å². The monoisotopic (exact) mass is 343 g/mol. The highest BCUT2D eigenvalue weighted by Gasteiger charge is 2.23. The molecule has 2 aromatic rings. The molecule has 0 radical (unpaired) electrons. The summed E-state index contributed by atoms with van der Waals surface area (Å²) in [5, 5.41) is 12.1. The Labute approximate surface area is 144 Å². The van der Waals surface area contributed by atoms with Crippen molar-refractivity contribution in [3.05, 3.63) is 65.0 Å². The standard InChI is InChI=1S/C19H18FNO4/c20-13-6-7-17-15(11-13)16(9-10-25-17)21-18(22)8-5-12-3-1-2-4-14(12)19(23)24/h1-4,6-7,11,16H,5,8-10H2,(H,21,22)(H,23,24). The first kappa shape index (κ1) is 17.0. The molecule has 1 aliphatic rings. The number of carbonyl (C=O) groups is 2. The number of ether oxygens (including phenoxy) is 1. The fourth-order valence-corrected chi connectivity index (χ4v) is 2.98. The first-order chi connectivity index (χ1) is 12.0. The molecule has 0 aromatic heterocycles. The lowest BCUT2D eigenvalue weighted by Crippen LogP contribution is -2.32. The number of hydrogen-bond donors (Lipinski definition) is 2. The lowest BCUT2D eigenvalue weighted by molar-refractivity contribution is -0.122. The van der Waals surface area contributed by atoms with E-state index in [0.717, 1.165) is 0 Å². The Morgan fingerprint density at radius 2 is 2.04 bits per heavy atom.